The van der Waals surface area contributed by atoms with E-state index in [1.54, 1.807) is 42.5 Å². The van der Waals surface area contributed by atoms with Gasteiger partial charge in [0.15, 0.2) is 5.96 Å². The van der Waals surface area contributed by atoms with Gasteiger partial charge in [-0.2, -0.15) is 0 Å². The Kier molecular flexibility index (Phi) is 5.94. The standard InChI is InChI=1S/C18H18N4O4/c1-26-15-9-11(6-8-16(23)24)5-7-14(15)22-17(25)12-3-2-4-13(10-12)21-18(19)20/h2-10H,1H3,(H,22,25)(H,23,24)(H4,19,20,21)/b8-6+. The molecule has 0 atom stereocenters. The molecule has 8 nitrogen and oxygen atoms in total. The number of nitrogens with one attached hydrogen (secondary N) is 1. The lowest BCUT2D eigenvalue weighted by atomic mass is 10.1. The summed E-state index contributed by atoms with van der Waals surface area (Å²) in [6.07, 6.45) is 2.44. The molecule has 2 aromatic carbocycles. The first kappa shape index (κ1) is 18.5. The first-order chi connectivity index (χ1) is 12.4. The molecule has 6 N–H and O–H groups in total. The molecule has 2 rings (SSSR count). The zero-order chi connectivity index (χ0) is 19.1. The van der Waals surface area contributed by atoms with Crippen LogP contribution in [-0.4, -0.2) is 30.1 Å². The van der Waals surface area contributed by atoms with Gasteiger partial charge >= 0.3 is 5.97 Å². The number of aliphatic imine (C=N–C) groups is 1. The van der Waals surface area contributed by atoms with Gasteiger partial charge in [-0.15, -0.1) is 0 Å². The van der Waals surface area contributed by atoms with Crippen LogP contribution in [0, 0.1) is 0 Å². The molecule has 0 saturated heterocycles. The second-order valence-electron chi connectivity index (χ2n) is 5.17. The fourth-order valence-corrected chi connectivity index (χ4v) is 2.14. The maximum absolute atomic E-state index is 12.5. The number of carboxylic acid groups (broad SMARTS) is 1. The second-order valence-corrected chi connectivity index (χ2v) is 5.17. The Morgan fingerprint density at radius 1 is 1.19 bits per heavy atom. The number of benzene rings is 2. The molecule has 0 unspecified atom stereocenters. The maximum atomic E-state index is 12.5. The number of guanidine groups is 1. The second kappa shape index (κ2) is 8.34. The van der Waals surface area contributed by atoms with Crippen LogP contribution in [0.3, 0.4) is 0 Å². The number of hydrogen-bond acceptors (Lipinski definition) is 4. The minimum Gasteiger partial charge on any atom is -0.495 e. The molecule has 2 aromatic rings. The molecular formula is C18H18N4O4. The predicted octanol–water partition coefficient (Wildman–Crippen LogP) is 1.95. The molecular weight excluding hydrogens is 336 g/mol. The third-order valence-corrected chi connectivity index (χ3v) is 3.26. The van der Waals surface area contributed by atoms with Crippen molar-refractivity contribution in [3.63, 3.8) is 0 Å². The van der Waals surface area contributed by atoms with Gasteiger partial charge < -0.3 is 26.6 Å². The average Bonchev–Trinajstić information content (AvgIpc) is 2.60. The lowest BCUT2D eigenvalue weighted by Gasteiger charge is -2.11. The number of ether oxygens (including phenoxy) is 1. The van der Waals surface area contributed by atoms with E-state index in [0.29, 0.717) is 28.3 Å². The molecule has 26 heavy (non-hydrogen) atoms. The number of carboxylic acids is 1. The molecule has 0 heterocycles. The van der Waals surface area contributed by atoms with Crippen molar-refractivity contribution >= 4 is 35.3 Å². The third-order valence-electron chi connectivity index (χ3n) is 3.26. The van der Waals surface area contributed by atoms with Gasteiger partial charge in [0, 0.05) is 11.6 Å². The van der Waals surface area contributed by atoms with Crippen molar-refractivity contribution in [3.8, 4) is 5.75 Å². The summed E-state index contributed by atoms with van der Waals surface area (Å²) in [5.41, 5.74) is 12.6. The van der Waals surface area contributed by atoms with Gasteiger partial charge in [0.1, 0.15) is 5.75 Å². The topological polar surface area (TPSA) is 140 Å². The summed E-state index contributed by atoms with van der Waals surface area (Å²) in [6, 6.07) is 11.4. The number of amides is 1. The molecule has 8 heteroatoms. The Bertz CT molecular complexity index is 887. The van der Waals surface area contributed by atoms with E-state index in [2.05, 4.69) is 10.3 Å². The Balaban J connectivity index is 2.23. The zero-order valence-electron chi connectivity index (χ0n) is 14.0. The van der Waals surface area contributed by atoms with Crippen LogP contribution in [0.4, 0.5) is 11.4 Å². The lowest BCUT2D eigenvalue weighted by molar-refractivity contribution is -0.131. The molecule has 134 valence electrons. The van der Waals surface area contributed by atoms with Crippen LogP contribution >= 0.6 is 0 Å². The van der Waals surface area contributed by atoms with Crippen molar-refractivity contribution in [3.05, 3.63) is 59.7 Å². The fraction of sp³-hybridized carbons (Fsp3) is 0.0556. The van der Waals surface area contributed by atoms with E-state index < -0.39 is 5.97 Å². The Labute approximate surface area is 149 Å². The number of methoxy groups -OCH3 is 1. The third kappa shape index (κ3) is 5.10. The number of aliphatic carboxylic acids is 1. The van der Waals surface area contributed by atoms with Crippen molar-refractivity contribution in [2.45, 2.75) is 0 Å². The normalized spacial score (nSPS) is 10.3. The number of carbonyl (C=O) groups excluding carboxylic acids is 1. The molecule has 0 bridgehead atoms. The Hall–Kier alpha value is -3.81. The van der Waals surface area contributed by atoms with Gasteiger partial charge in [-0.05, 0) is 42.0 Å². The van der Waals surface area contributed by atoms with Crippen LogP contribution < -0.4 is 21.5 Å². The van der Waals surface area contributed by atoms with Crippen LogP contribution in [0.2, 0.25) is 0 Å². The number of nitrogens with zero attached hydrogens (tertiary/aromatic N) is 1. The summed E-state index contributed by atoms with van der Waals surface area (Å²) >= 11 is 0. The van der Waals surface area contributed by atoms with Gasteiger partial charge in [-0.3, -0.25) is 4.79 Å². The minimum absolute atomic E-state index is 0.103. The zero-order valence-corrected chi connectivity index (χ0v) is 14.0. The van der Waals surface area contributed by atoms with Gasteiger partial charge in [-0.25, -0.2) is 9.79 Å². The molecule has 0 fully saturated rings. The molecule has 0 spiro atoms. The van der Waals surface area contributed by atoms with Crippen LogP contribution in [0.15, 0.2) is 53.5 Å². The van der Waals surface area contributed by atoms with Crippen molar-refractivity contribution in [2.24, 2.45) is 16.5 Å². The van der Waals surface area contributed by atoms with E-state index in [1.807, 2.05) is 0 Å². The van der Waals surface area contributed by atoms with Gasteiger partial charge in [0.05, 0.1) is 18.5 Å². The van der Waals surface area contributed by atoms with Crippen molar-refractivity contribution in [1.29, 1.82) is 0 Å². The lowest BCUT2D eigenvalue weighted by Crippen LogP contribution is -2.22. The van der Waals surface area contributed by atoms with E-state index in [4.69, 9.17) is 21.3 Å². The number of anilines is 1. The van der Waals surface area contributed by atoms with E-state index in [0.717, 1.165) is 6.08 Å². The van der Waals surface area contributed by atoms with Crippen LogP contribution in [0.25, 0.3) is 6.08 Å². The first-order valence-electron chi connectivity index (χ1n) is 7.49. The van der Waals surface area contributed by atoms with Crippen LogP contribution in [-0.2, 0) is 4.79 Å². The van der Waals surface area contributed by atoms with E-state index in [9.17, 15) is 9.59 Å². The average molecular weight is 354 g/mol. The smallest absolute Gasteiger partial charge is 0.328 e. The maximum Gasteiger partial charge on any atom is 0.328 e. The molecule has 0 aliphatic heterocycles. The summed E-state index contributed by atoms with van der Waals surface area (Å²) in [5, 5.41) is 11.4. The van der Waals surface area contributed by atoms with Crippen molar-refractivity contribution < 1.29 is 19.4 Å². The molecule has 0 aliphatic rings. The fourth-order valence-electron chi connectivity index (χ4n) is 2.14. The summed E-state index contributed by atoms with van der Waals surface area (Å²) < 4.78 is 5.25. The van der Waals surface area contributed by atoms with E-state index in [1.165, 1.54) is 13.2 Å². The summed E-state index contributed by atoms with van der Waals surface area (Å²) in [6.45, 7) is 0. The van der Waals surface area contributed by atoms with Crippen LogP contribution in [0.1, 0.15) is 15.9 Å². The monoisotopic (exact) mass is 354 g/mol. The summed E-state index contributed by atoms with van der Waals surface area (Å²) in [7, 11) is 1.45. The number of hydrogen-bond donors (Lipinski definition) is 4. The van der Waals surface area contributed by atoms with Crippen molar-refractivity contribution in [1.82, 2.24) is 0 Å². The molecule has 0 radical (unpaired) electrons. The van der Waals surface area contributed by atoms with Gasteiger partial charge in [0.2, 0.25) is 0 Å². The van der Waals surface area contributed by atoms with Gasteiger partial charge in [0.25, 0.3) is 5.91 Å². The van der Waals surface area contributed by atoms with Gasteiger partial charge in [-0.1, -0.05) is 12.1 Å². The largest absolute Gasteiger partial charge is 0.495 e. The molecule has 0 aromatic heterocycles. The quantitative estimate of drug-likeness (QED) is 0.355. The minimum atomic E-state index is -1.05. The Morgan fingerprint density at radius 3 is 2.62 bits per heavy atom. The number of rotatable bonds is 6. The van der Waals surface area contributed by atoms with Crippen LogP contribution in [0.5, 0.6) is 5.75 Å². The first-order valence-corrected chi connectivity index (χ1v) is 7.49. The predicted molar refractivity (Wildman–Crippen MR) is 99.5 cm³/mol. The highest BCUT2D eigenvalue weighted by Crippen LogP contribution is 2.27. The summed E-state index contributed by atoms with van der Waals surface area (Å²) in [5.74, 6) is -1.13. The molecule has 1 amide bonds. The highest BCUT2D eigenvalue weighted by Gasteiger charge is 2.11. The van der Waals surface area contributed by atoms with Crippen molar-refractivity contribution in [2.75, 3.05) is 12.4 Å². The Morgan fingerprint density at radius 2 is 1.96 bits per heavy atom. The highest BCUT2D eigenvalue weighted by atomic mass is 16.5. The summed E-state index contributed by atoms with van der Waals surface area (Å²) in [4.78, 5) is 26.9. The number of nitrogens with two attached hydrogens (primary N) is 2. The van der Waals surface area contributed by atoms with E-state index >= 15 is 0 Å². The molecule has 0 aliphatic carbocycles. The van der Waals surface area contributed by atoms with E-state index in [-0.39, 0.29) is 11.9 Å². The number of carbonyl (C=O) groups is 2. The highest BCUT2D eigenvalue weighted by molar-refractivity contribution is 6.05. The molecule has 0 saturated carbocycles. The SMILES string of the molecule is COc1cc(/C=C/C(=O)O)ccc1NC(=O)c1cccc(N=C(N)N)c1.